The Kier molecular flexibility index (Phi) is 5.69. The molecule has 4 nitrogen and oxygen atoms in total. The third-order valence-corrected chi connectivity index (χ3v) is 3.30. The maximum atomic E-state index is 5.28. The van der Waals surface area contributed by atoms with Crippen LogP contribution in [0.3, 0.4) is 0 Å². The molecule has 0 atom stereocenters. The second kappa shape index (κ2) is 7.74. The molecule has 1 saturated heterocycles. The number of anilines is 1. The fourth-order valence-electron chi connectivity index (χ4n) is 2.15. The SMILES string of the molecule is Cc1ccc(N2CCOCC2)cn1.Cc1cccc(C)n1. The van der Waals surface area contributed by atoms with Crippen LogP contribution in [0.15, 0.2) is 36.5 Å². The zero-order valence-electron chi connectivity index (χ0n) is 13.0. The van der Waals surface area contributed by atoms with Crippen molar-refractivity contribution in [3.05, 3.63) is 53.6 Å². The van der Waals surface area contributed by atoms with Crippen molar-refractivity contribution in [1.29, 1.82) is 0 Å². The summed E-state index contributed by atoms with van der Waals surface area (Å²) in [4.78, 5) is 10.7. The van der Waals surface area contributed by atoms with Crippen LogP contribution in [0.2, 0.25) is 0 Å². The first-order chi connectivity index (χ1) is 10.1. The molecule has 0 aliphatic carbocycles. The fraction of sp³-hybridized carbons (Fsp3) is 0.412. The molecule has 0 unspecified atom stereocenters. The van der Waals surface area contributed by atoms with Gasteiger partial charge in [0, 0.05) is 30.2 Å². The topological polar surface area (TPSA) is 38.2 Å². The number of rotatable bonds is 1. The lowest BCUT2D eigenvalue weighted by atomic mass is 10.3. The van der Waals surface area contributed by atoms with Crippen LogP contribution in [0.4, 0.5) is 5.69 Å². The highest BCUT2D eigenvalue weighted by molar-refractivity contribution is 5.44. The first kappa shape index (κ1) is 15.4. The van der Waals surface area contributed by atoms with Gasteiger partial charge in [0.15, 0.2) is 0 Å². The van der Waals surface area contributed by atoms with Gasteiger partial charge in [-0.3, -0.25) is 9.97 Å². The zero-order valence-corrected chi connectivity index (χ0v) is 13.0. The van der Waals surface area contributed by atoms with Gasteiger partial charge in [0.2, 0.25) is 0 Å². The summed E-state index contributed by atoms with van der Waals surface area (Å²) in [6.07, 6.45) is 1.93. The molecule has 0 bridgehead atoms. The van der Waals surface area contributed by atoms with Crippen molar-refractivity contribution in [3.63, 3.8) is 0 Å². The van der Waals surface area contributed by atoms with E-state index < -0.39 is 0 Å². The summed E-state index contributed by atoms with van der Waals surface area (Å²) in [7, 11) is 0. The Balaban J connectivity index is 0.000000173. The summed E-state index contributed by atoms with van der Waals surface area (Å²) < 4.78 is 5.28. The van der Waals surface area contributed by atoms with Gasteiger partial charge < -0.3 is 9.64 Å². The summed E-state index contributed by atoms with van der Waals surface area (Å²) in [6, 6.07) is 10.2. The van der Waals surface area contributed by atoms with Gasteiger partial charge >= 0.3 is 0 Å². The van der Waals surface area contributed by atoms with E-state index in [0.717, 1.165) is 43.4 Å². The highest BCUT2D eigenvalue weighted by Gasteiger charge is 2.10. The standard InChI is InChI=1S/C10H14N2O.C7H9N/c1-9-2-3-10(8-11-9)12-4-6-13-7-5-12;1-6-4-3-5-7(2)8-6/h2-3,8H,4-7H2,1H3;3-5H,1-2H3. The Morgan fingerprint density at radius 2 is 1.57 bits per heavy atom. The quantitative estimate of drug-likeness (QED) is 0.807. The van der Waals surface area contributed by atoms with Crippen molar-refractivity contribution in [2.24, 2.45) is 0 Å². The molecule has 1 aliphatic heterocycles. The number of morpholine rings is 1. The van der Waals surface area contributed by atoms with E-state index in [1.807, 2.05) is 51.2 Å². The maximum Gasteiger partial charge on any atom is 0.0642 e. The molecular formula is C17H23N3O. The van der Waals surface area contributed by atoms with Gasteiger partial charge in [-0.25, -0.2) is 0 Å². The summed E-state index contributed by atoms with van der Waals surface area (Å²) in [5.74, 6) is 0. The molecular weight excluding hydrogens is 262 g/mol. The van der Waals surface area contributed by atoms with Crippen molar-refractivity contribution in [1.82, 2.24) is 9.97 Å². The van der Waals surface area contributed by atoms with E-state index in [4.69, 9.17) is 4.74 Å². The lowest BCUT2D eigenvalue weighted by Gasteiger charge is -2.28. The normalized spacial score (nSPS) is 14.3. The number of hydrogen-bond donors (Lipinski definition) is 0. The van der Waals surface area contributed by atoms with Gasteiger partial charge in [-0.05, 0) is 45.0 Å². The molecule has 0 saturated carbocycles. The molecule has 0 N–H and O–H groups in total. The molecule has 4 heteroatoms. The van der Waals surface area contributed by atoms with Crippen LogP contribution in [0.5, 0.6) is 0 Å². The summed E-state index contributed by atoms with van der Waals surface area (Å²) in [5.41, 5.74) is 4.45. The smallest absolute Gasteiger partial charge is 0.0642 e. The maximum absolute atomic E-state index is 5.28. The molecule has 0 aromatic carbocycles. The van der Waals surface area contributed by atoms with Crippen LogP contribution >= 0.6 is 0 Å². The molecule has 0 amide bonds. The zero-order chi connectivity index (χ0) is 15.1. The van der Waals surface area contributed by atoms with E-state index in [0.29, 0.717) is 0 Å². The van der Waals surface area contributed by atoms with Crippen LogP contribution in [0.1, 0.15) is 17.1 Å². The highest BCUT2D eigenvalue weighted by Crippen LogP contribution is 2.13. The molecule has 2 aromatic heterocycles. The Hall–Kier alpha value is -1.94. The van der Waals surface area contributed by atoms with Crippen molar-refractivity contribution >= 4 is 5.69 Å². The third kappa shape index (κ3) is 5.16. The largest absolute Gasteiger partial charge is 0.378 e. The minimum Gasteiger partial charge on any atom is -0.378 e. The number of hydrogen-bond acceptors (Lipinski definition) is 4. The van der Waals surface area contributed by atoms with Gasteiger partial charge in [-0.2, -0.15) is 0 Å². The predicted molar refractivity (Wildman–Crippen MR) is 85.7 cm³/mol. The minimum atomic E-state index is 0.827. The molecule has 0 spiro atoms. The molecule has 2 aromatic rings. The third-order valence-electron chi connectivity index (χ3n) is 3.30. The van der Waals surface area contributed by atoms with E-state index in [1.54, 1.807) is 0 Å². The number of nitrogens with zero attached hydrogens (tertiary/aromatic N) is 3. The van der Waals surface area contributed by atoms with Gasteiger partial charge in [0.25, 0.3) is 0 Å². The number of ether oxygens (including phenoxy) is 1. The van der Waals surface area contributed by atoms with E-state index in [-0.39, 0.29) is 0 Å². The van der Waals surface area contributed by atoms with E-state index in [9.17, 15) is 0 Å². The Labute approximate surface area is 126 Å². The highest BCUT2D eigenvalue weighted by atomic mass is 16.5. The van der Waals surface area contributed by atoms with Gasteiger partial charge in [0.05, 0.1) is 25.1 Å². The minimum absolute atomic E-state index is 0.827. The first-order valence-electron chi connectivity index (χ1n) is 7.31. The molecule has 112 valence electrons. The Morgan fingerprint density at radius 1 is 0.905 bits per heavy atom. The van der Waals surface area contributed by atoms with E-state index in [2.05, 4.69) is 20.9 Å². The molecule has 0 radical (unpaired) electrons. The first-order valence-corrected chi connectivity index (χ1v) is 7.31. The fourth-order valence-corrected chi connectivity index (χ4v) is 2.15. The number of aryl methyl sites for hydroxylation is 3. The Bertz CT molecular complexity index is 531. The summed E-state index contributed by atoms with van der Waals surface area (Å²) in [6.45, 7) is 9.60. The molecule has 1 fully saturated rings. The molecule has 3 rings (SSSR count). The van der Waals surface area contributed by atoms with Crippen LogP contribution in [0, 0.1) is 20.8 Å². The molecule has 3 heterocycles. The van der Waals surface area contributed by atoms with Crippen molar-refractivity contribution < 1.29 is 4.74 Å². The summed E-state index contributed by atoms with van der Waals surface area (Å²) in [5, 5.41) is 0. The van der Waals surface area contributed by atoms with Crippen molar-refractivity contribution in [2.75, 3.05) is 31.2 Å². The monoisotopic (exact) mass is 285 g/mol. The second-order valence-electron chi connectivity index (χ2n) is 5.18. The van der Waals surface area contributed by atoms with Crippen LogP contribution in [-0.4, -0.2) is 36.3 Å². The Morgan fingerprint density at radius 3 is 2.05 bits per heavy atom. The van der Waals surface area contributed by atoms with Gasteiger partial charge in [-0.1, -0.05) is 6.07 Å². The van der Waals surface area contributed by atoms with E-state index in [1.165, 1.54) is 5.69 Å². The predicted octanol–water partition coefficient (Wildman–Crippen LogP) is 2.93. The van der Waals surface area contributed by atoms with E-state index >= 15 is 0 Å². The average Bonchev–Trinajstić information content (AvgIpc) is 2.49. The number of pyridine rings is 2. The lowest BCUT2D eigenvalue weighted by molar-refractivity contribution is 0.122. The van der Waals surface area contributed by atoms with Crippen molar-refractivity contribution in [2.45, 2.75) is 20.8 Å². The number of aromatic nitrogens is 2. The average molecular weight is 285 g/mol. The molecule has 1 aliphatic rings. The lowest BCUT2D eigenvalue weighted by Crippen LogP contribution is -2.36. The molecule has 21 heavy (non-hydrogen) atoms. The van der Waals surface area contributed by atoms with Crippen LogP contribution in [-0.2, 0) is 4.74 Å². The van der Waals surface area contributed by atoms with Gasteiger partial charge in [-0.15, -0.1) is 0 Å². The summed E-state index contributed by atoms with van der Waals surface area (Å²) >= 11 is 0. The van der Waals surface area contributed by atoms with Crippen molar-refractivity contribution in [3.8, 4) is 0 Å². The van der Waals surface area contributed by atoms with Crippen LogP contribution < -0.4 is 4.90 Å². The second-order valence-corrected chi connectivity index (χ2v) is 5.18. The van der Waals surface area contributed by atoms with Crippen LogP contribution in [0.25, 0.3) is 0 Å². The van der Waals surface area contributed by atoms with Gasteiger partial charge in [0.1, 0.15) is 0 Å².